The summed E-state index contributed by atoms with van der Waals surface area (Å²) in [4.78, 5) is 36.1. The van der Waals surface area contributed by atoms with Crippen LogP contribution in [0.1, 0.15) is 36.0 Å². The zero-order valence-corrected chi connectivity index (χ0v) is 22.6. The molecule has 0 spiro atoms. The molecule has 0 aliphatic carbocycles. The first-order valence-electron chi connectivity index (χ1n) is 13.0. The molecule has 0 radical (unpaired) electrons. The van der Waals surface area contributed by atoms with Gasteiger partial charge in [-0.05, 0) is 35.6 Å². The Hall–Kier alpha value is -3.40. The van der Waals surface area contributed by atoms with Crippen LogP contribution in [0.3, 0.4) is 0 Å². The van der Waals surface area contributed by atoms with Crippen molar-refractivity contribution >= 4 is 29.3 Å². The second-order valence-corrected chi connectivity index (χ2v) is 10.4. The van der Waals surface area contributed by atoms with E-state index in [4.69, 9.17) is 17.3 Å². The fraction of sp³-hybridized carbons (Fsp3) is 0.393. The van der Waals surface area contributed by atoms with Crippen molar-refractivity contribution in [3.63, 3.8) is 0 Å². The first-order chi connectivity index (χ1) is 18.4. The molecule has 2 aliphatic heterocycles. The third-order valence-electron chi connectivity index (χ3n) is 7.41. The lowest BCUT2D eigenvalue weighted by atomic mass is 10.1. The Kier molecular flexibility index (Phi) is 7.69. The minimum Gasteiger partial charge on any atom is -0.337 e. The highest BCUT2D eigenvalue weighted by molar-refractivity contribution is 6.31. The van der Waals surface area contributed by atoms with E-state index in [2.05, 4.69) is 15.2 Å². The molecule has 3 aromatic rings. The Labute approximate surface area is 227 Å². The third-order valence-corrected chi connectivity index (χ3v) is 7.78. The van der Waals surface area contributed by atoms with Gasteiger partial charge in [0.2, 0.25) is 0 Å². The van der Waals surface area contributed by atoms with E-state index in [0.717, 1.165) is 42.5 Å². The molecule has 2 aromatic carbocycles. The fourth-order valence-electron chi connectivity index (χ4n) is 5.44. The molecule has 38 heavy (non-hydrogen) atoms. The molecule has 0 saturated carbocycles. The lowest BCUT2D eigenvalue weighted by Gasteiger charge is -2.36. The summed E-state index contributed by atoms with van der Waals surface area (Å²) in [5.74, 6) is 0.509. The summed E-state index contributed by atoms with van der Waals surface area (Å²) in [5.41, 5.74) is 8.76. The number of nitrogens with one attached hydrogen (secondary N) is 1. The Morgan fingerprint density at radius 1 is 1.08 bits per heavy atom. The van der Waals surface area contributed by atoms with Crippen molar-refractivity contribution in [2.45, 2.75) is 44.7 Å². The maximum atomic E-state index is 14.1. The van der Waals surface area contributed by atoms with Gasteiger partial charge in [0.05, 0.1) is 6.54 Å². The molecular weight excluding hydrogens is 502 g/mol. The predicted octanol–water partition coefficient (Wildman–Crippen LogP) is 2.83. The number of aromatic nitrogens is 2. The molecule has 0 bridgehead atoms. The summed E-state index contributed by atoms with van der Waals surface area (Å²) in [6, 6.07) is 15.3. The largest absolute Gasteiger partial charge is 0.337 e. The molecule has 9 nitrogen and oxygen atoms in total. The average Bonchev–Trinajstić information content (AvgIpc) is 3.14. The van der Waals surface area contributed by atoms with Crippen LogP contribution in [0.2, 0.25) is 5.02 Å². The maximum absolute atomic E-state index is 14.1. The number of hydrogen-bond donors (Lipinski definition) is 2. The average molecular weight is 536 g/mol. The minimum atomic E-state index is -0.379. The molecule has 10 heteroatoms. The van der Waals surface area contributed by atoms with E-state index in [9.17, 15) is 9.59 Å². The lowest BCUT2D eigenvalue weighted by molar-refractivity contribution is 0.211. The predicted molar refractivity (Wildman–Crippen MR) is 153 cm³/mol. The van der Waals surface area contributed by atoms with E-state index in [1.54, 1.807) is 20.3 Å². The van der Waals surface area contributed by atoms with Crippen LogP contribution in [0, 0.1) is 0 Å². The number of nitrogens with zero attached hydrogens (tertiary/aromatic N) is 5. The van der Waals surface area contributed by atoms with E-state index in [-0.39, 0.29) is 30.1 Å². The number of fused-ring (bicyclic) bond motifs is 1. The third kappa shape index (κ3) is 5.01. The highest BCUT2D eigenvalue weighted by Crippen LogP contribution is 2.34. The molecule has 1 saturated heterocycles. The number of halogens is 1. The zero-order chi connectivity index (χ0) is 26.8. The Balaban J connectivity index is 1.63. The smallest absolute Gasteiger partial charge is 0.332 e. The van der Waals surface area contributed by atoms with E-state index >= 15 is 0 Å². The zero-order valence-electron chi connectivity index (χ0n) is 21.8. The summed E-state index contributed by atoms with van der Waals surface area (Å²) in [6.45, 7) is 2.07. The van der Waals surface area contributed by atoms with Crippen molar-refractivity contribution in [1.82, 2.24) is 14.0 Å². The topological polar surface area (TPSA) is 101 Å². The van der Waals surface area contributed by atoms with E-state index in [0.29, 0.717) is 29.6 Å². The summed E-state index contributed by atoms with van der Waals surface area (Å²) >= 11 is 6.56. The molecule has 3 heterocycles. The van der Waals surface area contributed by atoms with Crippen LogP contribution in [0.5, 0.6) is 0 Å². The van der Waals surface area contributed by atoms with Crippen LogP contribution in [-0.4, -0.2) is 52.7 Å². The van der Waals surface area contributed by atoms with Gasteiger partial charge in [0.25, 0.3) is 5.56 Å². The van der Waals surface area contributed by atoms with Crippen LogP contribution in [0.4, 0.5) is 11.5 Å². The summed E-state index contributed by atoms with van der Waals surface area (Å²) in [6.07, 6.45) is 4.45. The second-order valence-electron chi connectivity index (χ2n) is 10.0. The SMILES string of the molecule is CN=Cc1ccccc1Cn1c(=O)c2c(n(C)c1=O)NC(N1CCCCC(N)C1)N2Cc1ccccc1Cl. The number of anilines is 2. The summed E-state index contributed by atoms with van der Waals surface area (Å²) in [5, 5.41) is 4.13. The monoisotopic (exact) mass is 535 g/mol. The Morgan fingerprint density at radius 2 is 1.82 bits per heavy atom. The van der Waals surface area contributed by atoms with E-state index in [1.165, 1.54) is 9.13 Å². The number of hydrogen-bond acceptors (Lipinski definition) is 7. The van der Waals surface area contributed by atoms with Crippen LogP contribution in [-0.2, 0) is 20.1 Å². The van der Waals surface area contributed by atoms with Crippen molar-refractivity contribution in [3.05, 3.63) is 91.1 Å². The Morgan fingerprint density at radius 3 is 2.58 bits per heavy atom. The standard InChI is InChI=1S/C28H34ClN7O2/c1-31-15-19-9-3-4-10-20(19)16-36-26(37)24-25(33(2)28(36)38)32-27(34-14-8-7-12-22(30)18-34)35(24)17-21-11-5-6-13-23(21)29/h3-6,9-11,13,15,22,27,32H,7-8,12,14,16-18,30H2,1-2H3. The van der Waals surface area contributed by atoms with Crippen molar-refractivity contribution in [2.75, 3.05) is 30.4 Å². The van der Waals surface area contributed by atoms with Crippen LogP contribution in [0.15, 0.2) is 63.1 Å². The van der Waals surface area contributed by atoms with Crippen molar-refractivity contribution in [1.29, 1.82) is 0 Å². The van der Waals surface area contributed by atoms with E-state index < -0.39 is 0 Å². The second kappa shape index (κ2) is 11.1. The van der Waals surface area contributed by atoms with Gasteiger partial charge < -0.3 is 16.0 Å². The number of benzene rings is 2. The number of nitrogens with two attached hydrogens (primary N) is 1. The van der Waals surface area contributed by atoms with Crippen LogP contribution < -0.4 is 27.2 Å². The maximum Gasteiger partial charge on any atom is 0.332 e. The molecule has 1 fully saturated rings. The fourth-order valence-corrected chi connectivity index (χ4v) is 5.64. The number of aliphatic imine (C=N–C) groups is 1. The quantitative estimate of drug-likeness (QED) is 0.471. The molecule has 0 amide bonds. The van der Waals surface area contributed by atoms with Crippen LogP contribution in [0.25, 0.3) is 0 Å². The minimum absolute atomic E-state index is 0.0439. The van der Waals surface area contributed by atoms with Crippen molar-refractivity contribution in [2.24, 2.45) is 17.8 Å². The molecule has 3 N–H and O–H groups in total. The first kappa shape index (κ1) is 26.2. The molecule has 1 aromatic heterocycles. The summed E-state index contributed by atoms with van der Waals surface area (Å²) in [7, 11) is 3.40. The van der Waals surface area contributed by atoms with Gasteiger partial charge in [0.1, 0.15) is 11.5 Å². The van der Waals surface area contributed by atoms with Gasteiger partial charge in [-0.1, -0.05) is 60.5 Å². The van der Waals surface area contributed by atoms with Crippen LogP contribution >= 0.6 is 11.6 Å². The number of likely N-dealkylation sites (tertiary alicyclic amines) is 1. The molecule has 2 aliphatic rings. The molecule has 5 rings (SSSR count). The van der Waals surface area contributed by atoms with Crippen molar-refractivity contribution < 1.29 is 0 Å². The lowest BCUT2D eigenvalue weighted by Crippen LogP contribution is -2.53. The van der Waals surface area contributed by atoms with Gasteiger partial charge in [-0.25, -0.2) is 4.79 Å². The highest BCUT2D eigenvalue weighted by Gasteiger charge is 2.39. The van der Waals surface area contributed by atoms with E-state index in [1.807, 2.05) is 53.4 Å². The molecule has 200 valence electrons. The molecule has 2 unspecified atom stereocenters. The van der Waals surface area contributed by atoms with Gasteiger partial charge in [-0.2, -0.15) is 0 Å². The molecular formula is C28H34ClN7O2. The van der Waals surface area contributed by atoms with Gasteiger partial charge in [-0.15, -0.1) is 0 Å². The first-order valence-corrected chi connectivity index (χ1v) is 13.4. The van der Waals surface area contributed by atoms with Gasteiger partial charge >= 0.3 is 5.69 Å². The van der Waals surface area contributed by atoms with Gasteiger partial charge in [0, 0.05) is 51.0 Å². The van der Waals surface area contributed by atoms with Gasteiger partial charge in [0.15, 0.2) is 6.29 Å². The summed E-state index contributed by atoms with van der Waals surface area (Å²) < 4.78 is 2.84. The molecule has 2 atom stereocenters. The normalized spacial score (nSPS) is 19.9. The van der Waals surface area contributed by atoms with Crippen molar-refractivity contribution in [3.8, 4) is 0 Å². The Bertz CT molecular complexity index is 1460. The highest BCUT2D eigenvalue weighted by atomic mass is 35.5. The number of rotatable bonds is 6. The van der Waals surface area contributed by atoms with Gasteiger partial charge in [-0.3, -0.25) is 23.8 Å².